The van der Waals surface area contributed by atoms with Crippen molar-refractivity contribution in [1.82, 2.24) is 5.32 Å². The van der Waals surface area contributed by atoms with E-state index in [-0.39, 0.29) is 6.42 Å². The fraction of sp³-hybridized carbons (Fsp3) is 0.700. The minimum absolute atomic E-state index is 0.253. The first-order chi connectivity index (χ1) is 18.2. The number of hydrogen-bond acceptors (Lipinski definition) is 5. The SMILES string of the molecule is CCC/C=C/CC/C=C/CC/C=C/C(O)C(CS(=O)(=O)O)NC(=O)C(O)CCCCCC/C=C\CCCC. The van der Waals surface area contributed by atoms with Crippen LogP contribution in [0.15, 0.2) is 48.6 Å². The summed E-state index contributed by atoms with van der Waals surface area (Å²) in [5.74, 6) is -1.59. The summed E-state index contributed by atoms with van der Waals surface area (Å²) >= 11 is 0. The molecule has 0 aliphatic rings. The molecule has 0 aromatic carbocycles. The van der Waals surface area contributed by atoms with Crippen LogP contribution in [0.25, 0.3) is 0 Å². The van der Waals surface area contributed by atoms with Crippen LogP contribution < -0.4 is 5.32 Å². The number of rotatable bonds is 24. The number of aliphatic hydroxyl groups is 2. The van der Waals surface area contributed by atoms with Crippen molar-refractivity contribution in [2.45, 2.75) is 128 Å². The highest BCUT2D eigenvalue weighted by molar-refractivity contribution is 7.85. The molecule has 0 rings (SSSR count). The molecule has 220 valence electrons. The molecule has 7 nitrogen and oxygen atoms in total. The Morgan fingerprint density at radius 1 is 0.711 bits per heavy atom. The maximum atomic E-state index is 12.4. The summed E-state index contributed by atoms with van der Waals surface area (Å²) in [4.78, 5) is 12.4. The molecule has 0 saturated carbocycles. The third-order valence-corrected chi connectivity index (χ3v) is 6.82. The topological polar surface area (TPSA) is 124 Å². The molecule has 38 heavy (non-hydrogen) atoms. The number of amides is 1. The van der Waals surface area contributed by atoms with Gasteiger partial charge in [-0.2, -0.15) is 8.42 Å². The van der Waals surface area contributed by atoms with Crippen molar-refractivity contribution in [3.8, 4) is 0 Å². The lowest BCUT2D eigenvalue weighted by molar-refractivity contribution is -0.130. The minimum Gasteiger partial charge on any atom is -0.387 e. The zero-order valence-electron chi connectivity index (χ0n) is 23.6. The van der Waals surface area contributed by atoms with E-state index in [0.717, 1.165) is 64.2 Å². The molecule has 0 fully saturated rings. The number of carbonyl (C=O) groups excluding carboxylic acids is 1. The monoisotopic (exact) mass is 555 g/mol. The van der Waals surface area contributed by atoms with Gasteiger partial charge in [-0.25, -0.2) is 0 Å². The number of unbranched alkanes of at least 4 members (excludes halogenated alkanes) is 9. The Kier molecular flexibility index (Phi) is 23.2. The number of carbonyl (C=O) groups is 1. The molecule has 0 bridgehead atoms. The third-order valence-electron chi connectivity index (χ3n) is 6.04. The Balaban J connectivity index is 4.42. The summed E-state index contributed by atoms with van der Waals surface area (Å²) < 4.78 is 32.1. The highest BCUT2D eigenvalue weighted by Crippen LogP contribution is 2.10. The maximum absolute atomic E-state index is 12.4. The van der Waals surface area contributed by atoms with Gasteiger partial charge in [-0.05, 0) is 57.8 Å². The third kappa shape index (κ3) is 23.4. The van der Waals surface area contributed by atoms with Gasteiger partial charge in [-0.15, -0.1) is 0 Å². The van der Waals surface area contributed by atoms with Gasteiger partial charge in [-0.1, -0.05) is 101 Å². The van der Waals surface area contributed by atoms with Crippen molar-refractivity contribution in [3.05, 3.63) is 48.6 Å². The van der Waals surface area contributed by atoms with Crippen molar-refractivity contribution in [2.75, 3.05) is 5.75 Å². The Hall–Kier alpha value is -1.74. The molecule has 4 N–H and O–H groups in total. The second kappa shape index (κ2) is 24.3. The van der Waals surface area contributed by atoms with Gasteiger partial charge in [0.1, 0.15) is 6.10 Å². The molecule has 0 aromatic heterocycles. The Labute approximate surface area is 231 Å². The Morgan fingerprint density at radius 2 is 1.24 bits per heavy atom. The molecule has 0 aliphatic heterocycles. The number of nitrogens with one attached hydrogen (secondary N) is 1. The fourth-order valence-corrected chi connectivity index (χ4v) is 4.50. The minimum atomic E-state index is -4.44. The van der Waals surface area contributed by atoms with Gasteiger partial charge < -0.3 is 15.5 Å². The van der Waals surface area contributed by atoms with Crippen LogP contribution in [-0.2, 0) is 14.9 Å². The largest absolute Gasteiger partial charge is 0.387 e. The van der Waals surface area contributed by atoms with E-state index in [0.29, 0.717) is 12.8 Å². The van der Waals surface area contributed by atoms with Crippen LogP contribution in [0.4, 0.5) is 0 Å². The van der Waals surface area contributed by atoms with Crippen molar-refractivity contribution in [2.24, 2.45) is 0 Å². The van der Waals surface area contributed by atoms with E-state index in [4.69, 9.17) is 0 Å². The van der Waals surface area contributed by atoms with E-state index in [1.54, 1.807) is 6.08 Å². The molecule has 0 heterocycles. The summed E-state index contributed by atoms with van der Waals surface area (Å²) in [6.45, 7) is 4.32. The average molecular weight is 556 g/mol. The van der Waals surface area contributed by atoms with Crippen LogP contribution in [0.2, 0.25) is 0 Å². The quantitative estimate of drug-likeness (QED) is 0.0639. The van der Waals surface area contributed by atoms with Gasteiger partial charge in [0, 0.05) is 0 Å². The lowest BCUT2D eigenvalue weighted by Gasteiger charge is -2.22. The molecule has 0 spiro atoms. The smallest absolute Gasteiger partial charge is 0.267 e. The second-order valence-corrected chi connectivity index (χ2v) is 11.3. The standard InChI is InChI=1S/C30H53NO6S/c1-3-5-7-9-11-13-15-17-18-20-22-24-28(32)27(26-38(35,36)37)31-30(34)29(33)25-23-21-19-16-14-12-10-8-6-4-2/h7,9-10,12,15,17,22,24,27-29,32-33H,3-6,8,11,13-14,16,18-21,23,25-26H2,1-2H3,(H,31,34)(H,35,36,37)/b9-7+,12-10-,17-15+,24-22+. The fourth-order valence-electron chi connectivity index (χ4n) is 3.77. The molecule has 0 saturated heterocycles. The van der Waals surface area contributed by atoms with E-state index in [1.165, 1.54) is 18.9 Å². The van der Waals surface area contributed by atoms with Crippen LogP contribution in [0.3, 0.4) is 0 Å². The van der Waals surface area contributed by atoms with Crippen molar-refractivity contribution in [3.63, 3.8) is 0 Å². The molecule has 0 radical (unpaired) electrons. The van der Waals surface area contributed by atoms with Crippen LogP contribution in [0.5, 0.6) is 0 Å². The van der Waals surface area contributed by atoms with Crippen LogP contribution in [0.1, 0.15) is 110 Å². The van der Waals surface area contributed by atoms with Crippen molar-refractivity contribution in [1.29, 1.82) is 0 Å². The summed E-state index contributed by atoms with van der Waals surface area (Å²) in [6, 6.07) is -1.26. The number of aliphatic hydroxyl groups excluding tert-OH is 2. The Bertz CT molecular complexity index is 804. The van der Waals surface area contributed by atoms with Gasteiger partial charge in [0.05, 0.1) is 17.9 Å². The summed E-state index contributed by atoms with van der Waals surface area (Å²) in [5, 5.41) is 23.0. The van der Waals surface area contributed by atoms with Crippen molar-refractivity contribution < 1.29 is 28.0 Å². The molecule has 1 amide bonds. The molecular weight excluding hydrogens is 502 g/mol. The van der Waals surface area contributed by atoms with Crippen molar-refractivity contribution >= 4 is 16.0 Å². The molecule has 3 unspecified atom stereocenters. The molecule has 8 heteroatoms. The van der Waals surface area contributed by atoms with Crippen LogP contribution in [0, 0.1) is 0 Å². The van der Waals surface area contributed by atoms with Gasteiger partial charge in [0.2, 0.25) is 5.91 Å². The van der Waals surface area contributed by atoms with Crippen LogP contribution in [-0.4, -0.2) is 53.1 Å². The molecule has 0 aliphatic carbocycles. The Morgan fingerprint density at radius 3 is 1.82 bits per heavy atom. The number of hydrogen-bond donors (Lipinski definition) is 4. The summed E-state index contributed by atoms with van der Waals surface area (Å²) in [6.07, 6.45) is 27.6. The molecular formula is C30H53NO6S. The zero-order chi connectivity index (χ0) is 28.5. The van der Waals surface area contributed by atoms with Crippen LogP contribution >= 0.6 is 0 Å². The predicted octanol–water partition coefficient (Wildman–Crippen LogP) is 6.20. The van der Waals surface area contributed by atoms with E-state index in [1.807, 2.05) is 0 Å². The van der Waals surface area contributed by atoms with E-state index < -0.39 is 40.0 Å². The predicted molar refractivity (Wildman–Crippen MR) is 158 cm³/mol. The molecule has 0 aromatic rings. The van der Waals surface area contributed by atoms with Gasteiger partial charge >= 0.3 is 0 Å². The number of allylic oxidation sites excluding steroid dienone is 7. The second-order valence-electron chi connectivity index (χ2n) is 9.79. The van der Waals surface area contributed by atoms with Gasteiger partial charge in [0.15, 0.2) is 0 Å². The first kappa shape index (κ1) is 36.3. The van der Waals surface area contributed by atoms with Gasteiger partial charge in [0.25, 0.3) is 10.1 Å². The van der Waals surface area contributed by atoms with E-state index >= 15 is 0 Å². The average Bonchev–Trinajstić information content (AvgIpc) is 2.86. The lowest BCUT2D eigenvalue weighted by Crippen LogP contribution is -2.50. The normalized spacial score (nSPS) is 15.2. The van der Waals surface area contributed by atoms with E-state index in [2.05, 4.69) is 55.6 Å². The first-order valence-electron chi connectivity index (χ1n) is 14.4. The lowest BCUT2D eigenvalue weighted by atomic mass is 10.1. The van der Waals surface area contributed by atoms with Gasteiger partial charge in [-0.3, -0.25) is 9.35 Å². The molecule has 3 atom stereocenters. The highest BCUT2D eigenvalue weighted by Gasteiger charge is 2.27. The summed E-state index contributed by atoms with van der Waals surface area (Å²) in [7, 11) is -4.44. The van der Waals surface area contributed by atoms with E-state index in [9.17, 15) is 28.0 Å². The summed E-state index contributed by atoms with van der Waals surface area (Å²) in [5.41, 5.74) is 0. The highest BCUT2D eigenvalue weighted by atomic mass is 32.2. The first-order valence-corrected chi connectivity index (χ1v) is 16.1. The maximum Gasteiger partial charge on any atom is 0.267 e. The zero-order valence-corrected chi connectivity index (χ0v) is 24.5.